The minimum atomic E-state index is -0.818. The highest BCUT2D eigenvalue weighted by atomic mass is 35.5. The molecule has 0 saturated heterocycles. The third-order valence-electron chi connectivity index (χ3n) is 3.76. The van der Waals surface area contributed by atoms with Crippen molar-refractivity contribution in [2.75, 3.05) is 11.9 Å². The lowest BCUT2D eigenvalue weighted by atomic mass is 9.98. The predicted molar refractivity (Wildman–Crippen MR) is 90.5 cm³/mol. The third kappa shape index (κ3) is 4.60. The van der Waals surface area contributed by atoms with Crippen molar-refractivity contribution in [1.82, 2.24) is 5.32 Å². The number of anilines is 1. The van der Waals surface area contributed by atoms with Crippen LogP contribution in [0.4, 0.5) is 5.69 Å². The summed E-state index contributed by atoms with van der Waals surface area (Å²) in [5.41, 5.74) is 6.74. The van der Waals surface area contributed by atoms with Crippen molar-refractivity contribution < 1.29 is 9.59 Å². The normalized spacial score (nSPS) is 15.8. The molecule has 22 heavy (non-hydrogen) atoms. The van der Waals surface area contributed by atoms with Crippen LogP contribution in [0.1, 0.15) is 31.2 Å². The molecule has 0 aromatic heterocycles. The van der Waals surface area contributed by atoms with E-state index in [0.29, 0.717) is 23.6 Å². The van der Waals surface area contributed by atoms with E-state index in [1.165, 1.54) is 0 Å². The molecule has 1 aliphatic carbocycles. The van der Waals surface area contributed by atoms with Gasteiger partial charge in [-0.2, -0.15) is 0 Å². The number of carbonyl (C=O) groups is 2. The van der Waals surface area contributed by atoms with Crippen LogP contribution in [0.5, 0.6) is 0 Å². The van der Waals surface area contributed by atoms with Crippen LogP contribution in [0.25, 0.3) is 0 Å². The largest absolute Gasteiger partial charge is 0.345 e. The Balaban J connectivity index is 0.00000242. The molecule has 2 amide bonds. The van der Waals surface area contributed by atoms with E-state index in [0.717, 1.165) is 18.4 Å². The first-order valence-electron chi connectivity index (χ1n) is 7.04. The van der Waals surface area contributed by atoms with E-state index in [2.05, 4.69) is 10.6 Å². The molecule has 0 unspecified atom stereocenters. The van der Waals surface area contributed by atoms with Crippen molar-refractivity contribution in [2.45, 2.75) is 38.1 Å². The van der Waals surface area contributed by atoms with Gasteiger partial charge in [-0.25, -0.2) is 0 Å². The Kier molecular flexibility index (Phi) is 6.66. The van der Waals surface area contributed by atoms with E-state index in [1.54, 1.807) is 12.1 Å². The van der Waals surface area contributed by atoms with Crippen molar-refractivity contribution in [3.05, 3.63) is 28.8 Å². The lowest BCUT2D eigenvalue weighted by Gasteiger charge is -2.22. The summed E-state index contributed by atoms with van der Waals surface area (Å²) in [6.45, 7) is 1.81. The standard InChI is InChI=1S/C15H20ClN3O2.ClH/c1-10-4-5-12(11(16)8-10)19-13(20)9-18-14(21)15(17)6-2-3-7-15;/h4-5,8H,2-3,6-7,9,17H2,1H3,(H,18,21)(H,19,20);1H. The molecule has 4 N–H and O–H groups in total. The predicted octanol–water partition coefficient (Wildman–Crippen LogP) is 2.40. The molecule has 0 radical (unpaired) electrons. The molecule has 0 heterocycles. The van der Waals surface area contributed by atoms with Crippen molar-refractivity contribution in [3.63, 3.8) is 0 Å². The number of rotatable bonds is 4. The van der Waals surface area contributed by atoms with Gasteiger partial charge in [-0.15, -0.1) is 12.4 Å². The van der Waals surface area contributed by atoms with Gasteiger partial charge in [-0.3, -0.25) is 9.59 Å². The first-order chi connectivity index (χ1) is 9.90. The summed E-state index contributed by atoms with van der Waals surface area (Å²) in [5.74, 6) is -0.583. The summed E-state index contributed by atoms with van der Waals surface area (Å²) in [6.07, 6.45) is 3.25. The molecular formula is C15H21Cl2N3O2. The Morgan fingerprint density at radius 1 is 1.32 bits per heavy atom. The van der Waals surface area contributed by atoms with Crippen LogP contribution < -0.4 is 16.4 Å². The van der Waals surface area contributed by atoms with E-state index in [4.69, 9.17) is 17.3 Å². The monoisotopic (exact) mass is 345 g/mol. The molecular weight excluding hydrogens is 325 g/mol. The van der Waals surface area contributed by atoms with Gasteiger partial charge in [0.05, 0.1) is 22.8 Å². The Labute approximate surface area is 141 Å². The van der Waals surface area contributed by atoms with Crippen molar-refractivity contribution in [1.29, 1.82) is 0 Å². The fraction of sp³-hybridized carbons (Fsp3) is 0.467. The molecule has 0 atom stereocenters. The highest BCUT2D eigenvalue weighted by molar-refractivity contribution is 6.33. The van der Waals surface area contributed by atoms with Crippen LogP contribution in [-0.2, 0) is 9.59 Å². The molecule has 1 aromatic rings. The molecule has 1 fully saturated rings. The summed E-state index contributed by atoms with van der Waals surface area (Å²) in [4.78, 5) is 23.8. The fourth-order valence-corrected chi connectivity index (χ4v) is 2.77. The van der Waals surface area contributed by atoms with Gasteiger partial charge in [0.25, 0.3) is 0 Å². The molecule has 122 valence electrons. The Bertz CT molecular complexity index is 558. The lowest BCUT2D eigenvalue weighted by Crippen LogP contribution is -2.53. The van der Waals surface area contributed by atoms with Crippen LogP contribution in [0.15, 0.2) is 18.2 Å². The van der Waals surface area contributed by atoms with E-state index < -0.39 is 5.54 Å². The van der Waals surface area contributed by atoms with Crippen LogP contribution in [0.3, 0.4) is 0 Å². The number of aryl methyl sites for hydroxylation is 1. The SMILES string of the molecule is Cc1ccc(NC(=O)CNC(=O)C2(N)CCCC2)c(Cl)c1.Cl. The van der Waals surface area contributed by atoms with Gasteiger partial charge in [-0.05, 0) is 37.5 Å². The minimum Gasteiger partial charge on any atom is -0.345 e. The van der Waals surface area contributed by atoms with Gasteiger partial charge in [0.15, 0.2) is 0 Å². The second-order valence-electron chi connectivity index (χ2n) is 5.58. The maximum Gasteiger partial charge on any atom is 0.243 e. The summed E-state index contributed by atoms with van der Waals surface area (Å²) in [5, 5.41) is 5.74. The third-order valence-corrected chi connectivity index (χ3v) is 4.07. The molecule has 7 heteroatoms. The number of nitrogens with one attached hydrogen (secondary N) is 2. The number of hydrogen-bond donors (Lipinski definition) is 3. The lowest BCUT2D eigenvalue weighted by molar-refractivity contribution is -0.128. The first kappa shape index (κ1) is 18.7. The second-order valence-corrected chi connectivity index (χ2v) is 5.98. The van der Waals surface area contributed by atoms with Crippen LogP contribution in [-0.4, -0.2) is 23.9 Å². The second kappa shape index (κ2) is 7.81. The number of hydrogen-bond acceptors (Lipinski definition) is 3. The number of amides is 2. The summed E-state index contributed by atoms with van der Waals surface area (Å²) >= 11 is 6.04. The highest BCUT2D eigenvalue weighted by Crippen LogP contribution is 2.27. The first-order valence-corrected chi connectivity index (χ1v) is 7.42. The minimum absolute atomic E-state index is 0. The Hall–Kier alpha value is -1.30. The zero-order chi connectivity index (χ0) is 15.5. The number of carbonyl (C=O) groups excluding carboxylic acids is 2. The van der Waals surface area contributed by atoms with Crippen molar-refractivity contribution in [2.24, 2.45) is 5.73 Å². The summed E-state index contributed by atoms with van der Waals surface area (Å²) in [6, 6.07) is 5.36. The summed E-state index contributed by atoms with van der Waals surface area (Å²) in [7, 11) is 0. The Morgan fingerprint density at radius 3 is 2.55 bits per heavy atom. The van der Waals surface area contributed by atoms with E-state index in [-0.39, 0.29) is 30.8 Å². The number of halogens is 2. The zero-order valence-corrected chi connectivity index (χ0v) is 14.0. The zero-order valence-electron chi connectivity index (χ0n) is 12.4. The van der Waals surface area contributed by atoms with Gasteiger partial charge in [0.2, 0.25) is 11.8 Å². The smallest absolute Gasteiger partial charge is 0.243 e. The van der Waals surface area contributed by atoms with Crippen LogP contribution in [0, 0.1) is 6.92 Å². The van der Waals surface area contributed by atoms with Gasteiger partial charge >= 0.3 is 0 Å². The average molecular weight is 346 g/mol. The Morgan fingerprint density at radius 2 is 1.95 bits per heavy atom. The van der Waals surface area contributed by atoms with Crippen LogP contribution in [0.2, 0.25) is 5.02 Å². The molecule has 0 aliphatic heterocycles. The van der Waals surface area contributed by atoms with E-state index in [9.17, 15) is 9.59 Å². The summed E-state index contributed by atoms with van der Waals surface area (Å²) < 4.78 is 0. The van der Waals surface area contributed by atoms with E-state index >= 15 is 0 Å². The fourth-order valence-electron chi connectivity index (χ4n) is 2.49. The van der Waals surface area contributed by atoms with Gasteiger partial charge in [0, 0.05) is 0 Å². The quantitative estimate of drug-likeness (QED) is 0.783. The van der Waals surface area contributed by atoms with Gasteiger partial charge in [-0.1, -0.05) is 30.5 Å². The van der Waals surface area contributed by atoms with E-state index in [1.807, 2.05) is 13.0 Å². The highest BCUT2D eigenvalue weighted by Gasteiger charge is 2.36. The van der Waals surface area contributed by atoms with Crippen molar-refractivity contribution in [3.8, 4) is 0 Å². The molecule has 5 nitrogen and oxygen atoms in total. The maximum atomic E-state index is 12.0. The molecule has 2 rings (SSSR count). The molecule has 0 bridgehead atoms. The maximum absolute atomic E-state index is 12.0. The van der Waals surface area contributed by atoms with Crippen LogP contribution >= 0.6 is 24.0 Å². The van der Waals surface area contributed by atoms with Gasteiger partial charge in [0.1, 0.15) is 0 Å². The topological polar surface area (TPSA) is 84.2 Å². The number of benzene rings is 1. The molecule has 1 saturated carbocycles. The van der Waals surface area contributed by atoms with Gasteiger partial charge < -0.3 is 16.4 Å². The number of nitrogens with two attached hydrogens (primary N) is 1. The molecule has 0 spiro atoms. The average Bonchev–Trinajstić information content (AvgIpc) is 2.87. The molecule has 1 aliphatic rings. The molecule has 1 aromatic carbocycles. The van der Waals surface area contributed by atoms with Crippen molar-refractivity contribution >= 4 is 41.5 Å².